The van der Waals surface area contributed by atoms with E-state index < -0.39 is 22.6 Å². The zero-order valence-electron chi connectivity index (χ0n) is 13.1. The number of nitro groups is 1. The van der Waals surface area contributed by atoms with Crippen molar-refractivity contribution in [3.63, 3.8) is 0 Å². The Bertz CT molecular complexity index is 921. The summed E-state index contributed by atoms with van der Waals surface area (Å²) in [4.78, 5) is 35.6. The van der Waals surface area contributed by atoms with Gasteiger partial charge in [-0.25, -0.2) is 9.18 Å². The second-order valence-corrected chi connectivity index (χ2v) is 5.82. The molecular formula is C16H11ClFN3O5. The van der Waals surface area contributed by atoms with Gasteiger partial charge in [-0.1, -0.05) is 11.6 Å². The van der Waals surface area contributed by atoms with Gasteiger partial charge in [0.2, 0.25) is 5.91 Å². The molecule has 1 N–H and O–H groups in total. The number of amides is 1. The fraction of sp³-hybridized carbons (Fsp3) is 0.125. The number of non-ortho nitro benzene ring substituents is 1. The summed E-state index contributed by atoms with van der Waals surface area (Å²) in [6, 6.07) is 7.50. The number of esters is 1. The van der Waals surface area contributed by atoms with Crippen molar-refractivity contribution in [3.05, 3.63) is 57.4 Å². The van der Waals surface area contributed by atoms with E-state index >= 15 is 0 Å². The van der Waals surface area contributed by atoms with Crippen LogP contribution in [0.1, 0.15) is 0 Å². The predicted octanol–water partition coefficient (Wildman–Crippen LogP) is 2.75. The summed E-state index contributed by atoms with van der Waals surface area (Å²) in [5.74, 6) is -1.73. The Hall–Kier alpha value is -3.20. The Morgan fingerprint density at radius 2 is 2.12 bits per heavy atom. The fourth-order valence-electron chi connectivity index (χ4n) is 2.44. The lowest BCUT2D eigenvalue weighted by Crippen LogP contribution is -2.41. The van der Waals surface area contributed by atoms with Crippen molar-refractivity contribution in [2.45, 2.75) is 0 Å². The molecule has 2 aromatic carbocycles. The molecule has 3 rings (SSSR count). The van der Waals surface area contributed by atoms with Gasteiger partial charge in [0, 0.05) is 11.8 Å². The lowest BCUT2D eigenvalue weighted by Gasteiger charge is -2.28. The van der Waals surface area contributed by atoms with Crippen LogP contribution >= 0.6 is 11.6 Å². The van der Waals surface area contributed by atoms with E-state index in [0.717, 1.165) is 12.1 Å². The summed E-state index contributed by atoms with van der Waals surface area (Å²) >= 11 is 5.66. The third kappa shape index (κ3) is 3.72. The average molecular weight is 380 g/mol. The SMILES string of the molecule is O=C(CN1CC(=O)Oc2cc([N+](=O)[O-])ccc21)Nc1ccc(F)c(Cl)c1. The monoisotopic (exact) mass is 379 g/mol. The Balaban J connectivity index is 1.77. The molecule has 10 heteroatoms. The summed E-state index contributed by atoms with van der Waals surface area (Å²) < 4.78 is 18.2. The molecule has 0 saturated carbocycles. The van der Waals surface area contributed by atoms with Crippen molar-refractivity contribution in [2.75, 3.05) is 23.3 Å². The molecule has 1 aliphatic rings. The molecule has 0 radical (unpaired) electrons. The quantitative estimate of drug-likeness (QED) is 0.379. The molecule has 1 aliphatic heterocycles. The van der Waals surface area contributed by atoms with Crippen LogP contribution in [0, 0.1) is 15.9 Å². The number of fused-ring (bicyclic) bond motifs is 1. The van der Waals surface area contributed by atoms with Crippen LogP contribution in [0.15, 0.2) is 36.4 Å². The van der Waals surface area contributed by atoms with E-state index in [1.54, 1.807) is 0 Å². The number of nitro benzene ring substituents is 1. The number of ether oxygens (including phenoxy) is 1. The smallest absolute Gasteiger partial charge is 0.331 e. The summed E-state index contributed by atoms with van der Waals surface area (Å²) in [5, 5.41) is 13.2. The molecule has 134 valence electrons. The lowest BCUT2D eigenvalue weighted by atomic mass is 10.2. The minimum atomic E-state index is -0.643. The molecule has 1 heterocycles. The summed E-state index contributed by atoms with van der Waals surface area (Å²) in [7, 11) is 0. The molecule has 0 aliphatic carbocycles. The number of halogens is 2. The van der Waals surface area contributed by atoms with Gasteiger partial charge in [0.25, 0.3) is 5.69 Å². The zero-order chi connectivity index (χ0) is 18.8. The van der Waals surface area contributed by atoms with Gasteiger partial charge in [0.1, 0.15) is 12.4 Å². The first-order chi connectivity index (χ1) is 12.3. The number of carbonyl (C=O) groups is 2. The van der Waals surface area contributed by atoms with Crippen LogP contribution in [-0.2, 0) is 9.59 Å². The lowest BCUT2D eigenvalue weighted by molar-refractivity contribution is -0.384. The van der Waals surface area contributed by atoms with Crippen molar-refractivity contribution in [2.24, 2.45) is 0 Å². The van der Waals surface area contributed by atoms with Crippen LogP contribution in [0.2, 0.25) is 5.02 Å². The molecule has 0 unspecified atom stereocenters. The molecule has 0 saturated heterocycles. The van der Waals surface area contributed by atoms with Crippen molar-refractivity contribution >= 4 is 40.5 Å². The van der Waals surface area contributed by atoms with E-state index in [0.29, 0.717) is 11.4 Å². The third-order valence-corrected chi connectivity index (χ3v) is 3.87. The van der Waals surface area contributed by atoms with Crippen LogP contribution in [0.4, 0.5) is 21.5 Å². The normalized spacial score (nSPS) is 13.0. The highest BCUT2D eigenvalue weighted by Gasteiger charge is 2.27. The highest BCUT2D eigenvalue weighted by Crippen LogP contribution is 2.35. The Morgan fingerprint density at radius 3 is 2.81 bits per heavy atom. The van der Waals surface area contributed by atoms with Crippen molar-refractivity contribution in [3.8, 4) is 5.75 Å². The maximum atomic E-state index is 13.2. The number of rotatable bonds is 4. The molecule has 8 nitrogen and oxygen atoms in total. The van der Waals surface area contributed by atoms with Gasteiger partial charge in [0.15, 0.2) is 5.75 Å². The molecular weight excluding hydrogens is 369 g/mol. The fourth-order valence-corrected chi connectivity index (χ4v) is 2.62. The van der Waals surface area contributed by atoms with Crippen LogP contribution < -0.4 is 15.0 Å². The van der Waals surface area contributed by atoms with E-state index in [-0.39, 0.29) is 29.5 Å². The van der Waals surface area contributed by atoms with E-state index in [1.165, 1.54) is 29.2 Å². The van der Waals surface area contributed by atoms with Gasteiger partial charge in [-0.3, -0.25) is 14.9 Å². The highest BCUT2D eigenvalue weighted by molar-refractivity contribution is 6.31. The Morgan fingerprint density at radius 1 is 1.35 bits per heavy atom. The number of nitrogens with zero attached hydrogens (tertiary/aromatic N) is 2. The minimum absolute atomic E-state index is 0.00748. The number of carbonyl (C=O) groups excluding carboxylic acids is 2. The summed E-state index contributed by atoms with van der Waals surface area (Å²) in [5.41, 5.74) is 0.441. The van der Waals surface area contributed by atoms with E-state index in [2.05, 4.69) is 5.32 Å². The largest absolute Gasteiger partial charge is 0.423 e. The van der Waals surface area contributed by atoms with Gasteiger partial charge in [-0.05, 0) is 24.3 Å². The van der Waals surface area contributed by atoms with Gasteiger partial charge in [-0.15, -0.1) is 0 Å². The molecule has 0 atom stereocenters. The second-order valence-electron chi connectivity index (χ2n) is 5.42. The van der Waals surface area contributed by atoms with Crippen molar-refractivity contribution in [1.82, 2.24) is 0 Å². The van der Waals surface area contributed by atoms with E-state index in [4.69, 9.17) is 16.3 Å². The van der Waals surface area contributed by atoms with Crippen LogP contribution in [0.3, 0.4) is 0 Å². The van der Waals surface area contributed by atoms with E-state index in [9.17, 15) is 24.1 Å². The molecule has 2 aromatic rings. The van der Waals surface area contributed by atoms with E-state index in [1.807, 2.05) is 0 Å². The van der Waals surface area contributed by atoms with Crippen molar-refractivity contribution < 1.29 is 23.6 Å². The van der Waals surface area contributed by atoms with Crippen LogP contribution in [0.25, 0.3) is 0 Å². The standard InChI is InChI=1S/C16H11ClFN3O5/c17-11-5-9(1-3-12(11)18)19-15(22)7-20-8-16(23)26-14-6-10(21(24)25)2-4-13(14)20/h1-6H,7-8H2,(H,19,22). The van der Waals surface area contributed by atoms with Crippen LogP contribution in [-0.4, -0.2) is 29.9 Å². The third-order valence-electron chi connectivity index (χ3n) is 3.58. The average Bonchev–Trinajstić information content (AvgIpc) is 2.57. The van der Waals surface area contributed by atoms with Gasteiger partial charge < -0.3 is 15.0 Å². The first kappa shape index (κ1) is 17.6. The maximum absolute atomic E-state index is 13.2. The number of hydrogen-bond donors (Lipinski definition) is 1. The minimum Gasteiger partial charge on any atom is -0.423 e. The second kappa shape index (κ2) is 6.96. The first-order valence-corrected chi connectivity index (χ1v) is 7.70. The summed E-state index contributed by atoms with van der Waals surface area (Å²) in [6.07, 6.45) is 0. The molecule has 0 bridgehead atoms. The zero-order valence-corrected chi connectivity index (χ0v) is 13.8. The summed E-state index contributed by atoms with van der Waals surface area (Å²) in [6.45, 7) is -0.405. The number of benzene rings is 2. The highest BCUT2D eigenvalue weighted by atomic mass is 35.5. The maximum Gasteiger partial charge on any atom is 0.331 e. The number of anilines is 2. The van der Waals surface area contributed by atoms with Gasteiger partial charge >= 0.3 is 5.97 Å². The van der Waals surface area contributed by atoms with Crippen molar-refractivity contribution in [1.29, 1.82) is 0 Å². The Labute approximate surface area is 151 Å². The van der Waals surface area contributed by atoms with Gasteiger partial charge in [-0.2, -0.15) is 0 Å². The molecule has 0 aromatic heterocycles. The molecule has 1 amide bonds. The number of nitrogens with one attached hydrogen (secondary N) is 1. The Kier molecular flexibility index (Phi) is 4.72. The predicted molar refractivity (Wildman–Crippen MR) is 91.0 cm³/mol. The first-order valence-electron chi connectivity index (χ1n) is 7.32. The molecule has 0 spiro atoms. The molecule has 26 heavy (non-hydrogen) atoms. The number of hydrogen-bond acceptors (Lipinski definition) is 6. The topological polar surface area (TPSA) is 102 Å². The van der Waals surface area contributed by atoms with Crippen LogP contribution in [0.5, 0.6) is 5.75 Å². The van der Waals surface area contributed by atoms with Gasteiger partial charge in [0.05, 0.1) is 28.2 Å². The molecule has 0 fully saturated rings.